The number of fused-ring (bicyclic) bond motifs is 1. The topological polar surface area (TPSA) is 40.5 Å². The molecule has 0 spiro atoms. The van der Waals surface area contributed by atoms with Crippen LogP contribution in [-0.2, 0) is 12.7 Å². The van der Waals surface area contributed by atoms with Crippen molar-refractivity contribution in [3.05, 3.63) is 58.1 Å². The highest BCUT2D eigenvalue weighted by Crippen LogP contribution is 2.39. The lowest BCUT2D eigenvalue weighted by Gasteiger charge is -2.18. The highest BCUT2D eigenvalue weighted by atomic mass is 35.5. The second kappa shape index (κ2) is 4.91. The lowest BCUT2D eigenvalue weighted by atomic mass is 10.1. The molecule has 22 heavy (non-hydrogen) atoms. The molecule has 0 saturated heterocycles. The maximum atomic E-state index is 12.9. The summed E-state index contributed by atoms with van der Waals surface area (Å²) in [7, 11) is 0. The molecule has 1 aliphatic rings. The molecule has 1 amide bonds. The minimum Gasteiger partial charge on any atom is -0.507 e. The Morgan fingerprint density at radius 3 is 2.55 bits per heavy atom. The van der Waals surface area contributed by atoms with E-state index >= 15 is 0 Å². The largest absolute Gasteiger partial charge is 0.507 e. The Kier molecular flexibility index (Phi) is 3.29. The van der Waals surface area contributed by atoms with E-state index < -0.39 is 22.7 Å². The van der Waals surface area contributed by atoms with Crippen molar-refractivity contribution in [1.82, 2.24) is 0 Å². The summed E-state index contributed by atoms with van der Waals surface area (Å²) in [5.74, 6) is -0.724. The van der Waals surface area contributed by atoms with Crippen LogP contribution in [0.25, 0.3) is 0 Å². The Bertz CT molecular complexity index is 774. The molecule has 7 heteroatoms. The van der Waals surface area contributed by atoms with E-state index in [0.29, 0.717) is 5.56 Å². The first kappa shape index (κ1) is 14.7. The minimum atomic E-state index is -4.61. The number of phenols is 1. The second-order valence-corrected chi connectivity index (χ2v) is 5.27. The van der Waals surface area contributed by atoms with Crippen molar-refractivity contribution >= 4 is 23.2 Å². The smallest absolute Gasteiger partial charge is 0.417 e. The summed E-state index contributed by atoms with van der Waals surface area (Å²) in [6.07, 6.45) is -4.61. The molecule has 2 aromatic rings. The molecule has 0 atom stereocenters. The molecular weight excluding hydrogens is 319 g/mol. The summed E-state index contributed by atoms with van der Waals surface area (Å²) < 4.78 is 38.7. The lowest BCUT2D eigenvalue weighted by molar-refractivity contribution is -0.137. The Balaban J connectivity index is 2.04. The zero-order valence-corrected chi connectivity index (χ0v) is 11.7. The molecule has 0 aromatic heterocycles. The number of alkyl halides is 3. The summed E-state index contributed by atoms with van der Waals surface area (Å²) in [6, 6.07) is 7.88. The predicted molar refractivity (Wildman–Crippen MR) is 75.1 cm³/mol. The van der Waals surface area contributed by atoms with Gasteiger partial charge in [0.2, 0.25) is 0 Å². The fourth-order valence-corrected chi connectivity index (χ4v) is 2.67. The second-order valence-electron chi connectivity index (χ2n) is 4.86. The van der Waals surface area contributed by atoms with E-state index in [1.54, 1.807) is 12.1 Å². The van der Waals surface area contributed by atoms with E-state index in [2.05, 4.69) is 0 Å². The van der Waals surface area contributed by atoms with Gasteiger partial charge in [-0.2, -0.15) is 13.2 Å². The molecule has 114 valence electrons. The maximum Gasteiger partial charge on any atom is 0.417 e. The Morgan fingerprint density at radius 1 is 1.18 bits per heavy atom. The maximum absolute atomic E-state index is 12.9. The number of carbonyl (C=O) groups is 1. The predicted octanol–water partition coefficient (Wildman–Crippen LogP) is 4.22. The molecular formula is C15H9ClF3NO2. The number of aromatic hydroxyl groups is 1. The van der Waals surface area contributed by atoms with Crippen LogP contribution in [0.15, 0.2) is 36.4 Å². The zero-order valence-electron chi connectivity index (χ0n) is 11.0. The number of anilines is 1. The highest BCUT2D eigenvalue weighted by molar-refractivity contribution is 6.31. The van der Waals surface area contributed by atoms with E-state index in [1.807, 2.05) is 0 Å². The van der Waals surface area contributed by atoms with Crippen molar-refractivity contribution in [2.75, 3.05) is 4.90 Å². The SMILES string of the molecule is O=C1c2c(O)cccc2CN1c1ccc(Cl)c(C(F)(F)F)c1. The molecule has 1 N–H and O–H groups in total. The van der Waals surface area contributed by atoms with E-state index in [1.165, 1.54) is 17.0 Å². The molecule has 1 aliphatic heterocycles. The van der Waals surface area contributed by atoms with Gasteiger partial charge in [0.05, 0.1) is 22.7 Å². The van der Waals surface area contributed by atoms with Gasteiger partial charge in [0.25, 0.3) is 5.91 Å². The molecule has 3 rings (SSSR count). The van der Waals surface area contributed by atoms with Gasteiger partial charge in [0.15, 0.2) is 0 Å². The lowest BCUT2D eigenvalue weighted by Crippen LogP contribution is -2.23. The summed E-state index contributed by atoms with van der Waals surface area (Å²) in [6.45, 7) is 0.0987. The third kappa shape index (κ3) is 2.29. The average Bonchev–Trinajstić information content (AvgIpc) is 2.77. The van der Waals surface area contributed by atoms with E-state index in [9.17, 15) is 23.1 Å². The van der Waals surface area contributed by atoms with Crippen LogP contribution in [-0.4, -0.2) is 11.0 Å². The van der Waals surface area contributed by atoms with Crippen molar-refractivity contribution in [2.45, 2.75) is 12.7 Å². The minimum absolute atomic E-state index is 0.0809. The number of phenolic OH excluding ortho intramolecular Hbond substituents is 1. The Morgan fingerprint density at radius 2 is 1.91 bits per heavy atom. The number of hydrogen-bond acceptors (Lipinski definition) is 2. The summed E-state index contributed by atoms with van der Waals surface area (Å²) in [4.78, 5) is 13.5. The molecule has 0 radical (unpaired) electrons. The van der Waals surface area contributed by atoms with E-state index in [4.69, 9.17) is 11.6 Å². The third-order valence-corrected chi connectivity index (χ3v) is 3.81. The average molecular weight is 328 g/mol. The molecule has 0 bridgehead atoms. The summed E-state index contributed by atoms with van der Waals surface area (Å²) in [5.41, 5.74) is -0.239. The van der Waals surface area contributed by atoms with Crippen LogP contribution < -0.4 is 4.90 Å². The van der Waals surface area contributed by atoms with Crippen LogP contribution in [0.3, 0.4) is 0 Å². The van der Waals surface area contributed by atoms with Gasteiger partial charge in [-0.3, -0.25) is 4.79 Å². The van der Waals surface area contributed by atoms with Gasteiger partial charge in [-0.25, -0.2) is 0 Å². The third-order valence-electron chi connectivity index (χ3n) is 3.48. The monoisotopic (exact) mass is 327 g/mol. The molecule has 2 aromatic carbocycles. The normalized spacial score (nSPS) is 14.4. The van der Waals surface area contributed by atoms with E-state index in [0.717, 1.165) is 12.1 Å². The van der Waals surface area contributed by atoms with Gasteiger partial charge in [0, 0.05) is 5.69 Å². The van der Waals surface area contributed by atoms with Crippen LogP contribution >= 0.6 is 11.6 Å². The quantitative estimate of drug-likeness (QED) is 0.851. The van der Waals surface area contributed by atoms with Crippen molar-refractivity contribution in [3.8, 4) is 5.75 Å². The number of rotatable bonds is 1. The van der Waals surface area contributed by atoms with Crippen LogP contribution in [0.2, 0.25) is 5.02 Å². The van der Waals surface area contributed by atoms with Crippen LogP contribution in [0.4, 0.5) is 18.9 Å². The van der Waals surface area contributed by atoms with Crippen molar-refractivity contribution in [2.24, 2.45) is 0 Å². The first-order chi connectivity index (χ1) is 10.3. The van der Waals surface area contributed by atoms with Gasteiger partial charge in [-0.15, -0.1) is 0 Å². The van der Waals surface area contributed by atoms with Gasteiger partial charge >= 0.3 is 6.18 Å². The van der Waals surface area contributed by atoms with Gasteiger partial charge in [-0.1, -0.05) is 23.7 Å². The number of amides is 1. The molecule has 0 saturated carbocycles. The fourth-order valence-electron chi connectivity index (χ4n) is 2.45. The zero-order chi connectivity index (χ0) is 16.1. The van der Waals surface area contributed by atoms with Crippen molar-refractivity contribution in [3.63, 3.8) is 0 Å². The summed E-state index contributed by atoms with van der Waals surface area (Å²) in [5, 5.41) is 9.32. The first-order valence-electron chi connectivity index (χ1n) is 6.28. The number of nitrogens with zero attached hydrogens (tertiary/aromatic N) is 1. The van der Waals surface area contributed by atoms with E-state index in [-0.39, 0.29) is 23.5 Å². The molecule has 0 fully saturated rings. The molecule has 0 aliphatic carbocycles. The molecule has 0 unspecified atom stereocenters. The first-order valence-corrected chi connectivity index (χ1v) is 6.66. The standard InChI is InChI=1S/C15H9ClF3NO2/c16-11-5-4-9(6-10(11)15(17,18)19)20-7-8-2-1-3-12(21)13(8)14(20)22/h1-6,21H,7H2. The molecule has 3 nitrogen and oxygen atoms in total. The Hall–Kier alpha value is -2.21. The number of hydrogen-bond donors (Lipinski definition) is 1. The van der Waals surface area contributed by atoms with Gasteiger partial charge < -0.3 is 10.0 Å². The number of carbonyl (C=O) groups excluding carboxylic acids is 1. The molecule has 1 heterocycles. The van der Waals surface area contributed by atoms with Crippen LogP contribution in [0, 0.1) is 0 Å². The van der Waals surface area contributed by atoms with Crippen molar-refractivity contribution in [1.29, 1.82) is 0 Å². The van der Waals surface area contributed by atoms with Crippen LogP contribution in [0.5, 0.6) is 5.75 Å². The van der Waals surface area contributed by atoms with Gasteiger partial charge in [0.1, 0.15) is 5.75 Å². The summed E-state index contributed by atoms with van der Waals surface area (Å²) >= 11 is 5.57. The number of benzene rings is 2. The van der Waals surface area contributed by atoms with Gasteiger partial charge in [-0.05, 0) is 29.8 Å². The van der Waals surface area contributed by atoms with Crippen molar-refractivity contribution < 1.29 is 23.1 Å². The number of halogens is 4. The van der Waals surface area contributed by atoms with Crippen LogP contribution in [0.1, 0.15) is 21.5 Å². The fraction of sp³-hybridized carbons (Fsp3) is 0.133. The Labute approximate surface area is 128 Å². The highest BCUT2D eigenvalue weighted by Gasteiger charge is 2.36.